The molecule has 0 aliphatic heterocycles. The summed E-state index contributed by atoms with van der Waals surface area (Å²) in [7, 11) is -9.92. The summed E-state index contributed by atoms with van der Waals surface area (Å²) >= 11 is 0. The zero-order valence-corrected chi connectivity index (χ0v) is 68.3. The first-order valence-electron chi connectivity index (χ1n) is 42.2. The third-order valence-corrected chi connectivity index (χ3v) is 21.3. The standard InChI is InChI=1S/C82H160O17P2/c1-9-75(8)61-53-45-37-29-23-19-14-12-10-11-13-15-21-25-31-39-48-56-64-81(86)98-77(68-92-79(84)62-54-46-38-30-24-20-17-16-18-22-27-34-42-50-58-72(2)3)70-96-100(88,89)94-66-76(83)67-95-101(90,91)97-71-78(69-93-80(85)63-55-47-41-33-36-44-52-60-74(6)7)99-82(87)65-57-49-40-32-26-28-35-43-51-59-73(4)5/h72-78,83H,9-71H2,1-8H3,(H,88,89)(H,90,91)/t75?,76?,77-,78-/m1/s1. The van der Waals surface area contributed by atoms with E-state index in [0.29, 0.717) is 31.6 Å². The third-order valence-electron chi connectivity index (χ3n) is 19.4. The lowest BCUT2D eigenvalue weighted by molar-refractivity contribution is -0.161. The Kier molecular flexibility index (Phi) is 69.6. The first-order valence-corrected chi connectivity index (χ1v) is 45.2. The van der Waals surface area contributed by atoms with E-state index < -0.39 is 97.5 Å². The number of ether oxygens (including phenoxy) is 4. The molecule has 17 nitrogen and oxygen atoms in total. The maximum Gasteiger partial charge on any atom is 0.472 e. The van der Waals surface area contributed by atoms with Gasteiger partial charge in [-0.3, -0.25) is 37.3 Å². The lowest BCUT2D eigenvalue weighted by Crippen LogP contribution is -2.30. The van der Waals surface area contributed by atoms with Crippen LogP contribution in [0.2, 0.25) is 0 Å². The van der Waals surface area contributed by atoms with E-state index in [2.05, 4.69) is 55.4 Å². The first-order chi connectivity index (χ1) is 48.6. The predicted molar refractivity (Wildman–Crippen MR) is 414 cm³/mol. The summed E-state index contributed by atoms with van der Waals surface area (Å²) in [6.07, 6.45) is 58.4. The van der Waals surface area contributed by atoms with Crippen molar-refractivity contribution < 1.29 is 80.2 Å². The molecule has 101 heavy (non-hydrogen) atoms. The highest BCUT2D eigenvalue weighted by atomic mass is 31.2. The number of carbonyl (C=O) groups excluding carboxylic acids is 4. The van der Waals surface area contributed by atoms with Crippen LogP contribution in [0.5, 0.6) is 0 Å². The molecule has 4 unspecified atom stereocenters. The van der Waals surface area contributed by atoms with E-state index in [-0.39, 0.29) is 25.7 Å². The number of phosphoric ester groups is 2. The van der Waals surface area contributed by atoms with Gasteiger partial charge in [-0.2, -0.15) is 0 Å². The van der Waals surface area contributed by atoms with E-state index in [4.69, 9.17) is 37.0 Å². The lowest BCUT2D eigenvalue weighted by Gasteiger charge is -2.21. The van der Waals surface area contributed by atoms with Crippen LogP contribution in [0, 0.1) is 23.7 Å². The summed E-state index contributed by atoms with van der Waals surface area (Å²) in [5, 5.41) is 10.6. The number of aliphatic hydroxyl groups is 1. The van der Waals surface area contributed by atoms with Gasteiger partial charge in [-0.15, -0.1) is 0 Å². The Labute approximate surface area is 619 Å². The second-order valence-electron chi connectivity index (χ2n) is 31.2. The number of unbranched alkanes of at least 4 members (excludes halogenated alkanes) is 44. The largest absolute Gasteiger partial charge is 0.472 e. The molecule has 0 spiro atoms. The Morgan fingerprint density at radius 1 is 0.277 bits per heavy atom. The molecule has 0 aliphatic rings. The van der Waals surface area contributed by atoms with E-state index in [1.54, 1.807) is 0 Å². The predicted octanol–water partition coefficient (Wildman–Crippen LogP) is 24.4. The normalized spacial score (nSPS) is 14.3. The minimum Gasteiger partial charge on any atom is -0.462 e. The van der Waals surface area contributed by atoms with Gasteiger partial charge in [0.05, 0.1) is 26.4 Å². The van der Waals surface area contributed by atoms with Crippen LogP contribution in [0.4, 0.5) is 0 Å². The summed E-state index contributed by atoms with van der Waals surface area (Å²) in [6.45, 7) is 14.3. The molecule has 0 aliphatic carbocycles. The van der Waals surface area contributed by atoms with Crippen LogP contribution in [-0.4, -0.2) is 96.7 Å². The second kappa shape index (κ2) is 71.0. The minimum absolute atomic E-state index is 0.104. The molecule has 0 aromatic rings. The van der Waals surface area contributed by atoms with Gasteiger partial charge in [-0.05, 0) is 49.4 Å². The molecular weight excluding hydrogens is 1320 g/mol. The van der Waals surface area contributed by atoms with Crippen LogP contribution in [0.1, 0.15) is 421 Å². The average Bonchev–Trinajstić information content (AvgIpc) is 1.20. The number of carbonyl (C=O) groups is 4. The molecule has 0 rings (SSSR count). The molecule has 0 aromatic carbocycles. The van der Waals surface area contributed by atoms with Gasteiger partial charge in [0.2, 0.25) is 0 Å². The summed E-state index contributed by atoms with van der Waals surface area (Å²) in [6, 6.07) is 0. The van der Waals surface area contributed by atoms with Gasteiger partial charge in [0.1, 0.15) is 19.3 Å². The van der Waals surface area contributed by atoms with Gasteiger partial charge in [-0.25, -0.2) is 9.13 Å². The molecule has 0 heterocycles. The Balaban J connectivity index is 5.21. The van der Waals surface area contributed by atoms with Crippen molar-refractivity contribution in [2.75, 3.05) is 39.6 Å². The number of aliphatic hydroxyl groups excluding tert-OH is 1. The molecule has 600 valence electrons. The smallest absolute Gasteiger partial charge is 0.462 e. The number of hydrogen-bond acceptors (Lipinski definition) is 15. The number of rotatable bonds is 79. The van der Waals surface area contributed by atoms with Crippen LogP contribution in [0.3, 0.4) is 0 Å². The van der Waals surface area contributed by atoms with Crippen LogP contribution in [0.25, 0.3) is 0 Å². The molecule has 19 heteroatoms. The summed E-state index contributed by atoms with van der Waals surface area (Å²) in [5.74, 6) is 0.997. The van der Waals surface area contributed by atoms with E-state index in [1.807, 2.05) is 0 Å². The van der Waals surface area contributed by atoms with Crippen molar-refractivity contribution in [2.24, 2.45) is 23.7 Å². The zero-order valence-electron chi connectivity index (χ0n) is 66.5. The Hall–Kier alpha value is -1.94. The molecule has 3 N–H and O–H groups in total. The van der Waals surface area contributed by atoms with Gasteiger partial charge in [0, 0.05) is 25.7 Å². The third kappa shape index (κ3) is 74.7. The molecular formula is C82H160O17P2. The topological polar surface area (TPSA) is 237 Å². The monoisotopic (exact) mass is 1480 g/mol. The lowest BCUT2D eigenvalue weighted by atomic mass is 9.99. The van der Waals surface area contributed by atoms with Gasteiger partial charge < -0.3 is 33.8 Å². The highest BCUT2D eigenvalue weighted by molar-refractivity contribution is 7.47. The maximum absolute atomic E-state index is 13.1. The fourth-order valence-corrected chi connectivity index (χ4v) is 14.2. The van der Waals surface area contributed by atoms with Crippen molar-refractivity contribution in [3.63, 3.8) is 0 Å². The van der Waals surface area contributed by atoms with Gasteiger partial charge in [-0.1, -0.05) is 370 Å². The van der Waals surface area contributed by atoms with Crippen LogP contribution >= 0.6 is 15.6 Å². The fourth-order valence-electron chi connectivity index (χ4n) is 12.6. The van der Waals surface area contributed by atoms with Crippen LogP contribution < -0.4 is 0 Å². The van der Waals surface area contributed by atoms with Gasteiger partial charge in [0.25, 0.3) is 0 Å². The van der Waals surface area contributed by atoms with Crippen LogP contribution in [0.15, 0.2) is 0 Å². The molecule has 0 saturated heterocycles. The Morgan fingerprint density at radius 2 is 0.475 bits per heavy atom. The summed E-state index contributed by atoms with van der Waals surface area (Å²) < 4.78 is 68.7. The number of hydrogen-bond donors (Lipinski definition) is 3. The van der Waals surface area contributed by atoms with Crippen molar-refractivity contribution in [3.05, 3.63) is 0 Å². The Bertz CT molecular complexity index is 1970. The molecule has 0 amide bonds. The second-order valence-corrected chi connectivity index (χ2v) is 34.1. The van der Waals surface area contributed by atoms with Crippen molar-refractivity contribution >= 4 is 39.5 Å². The number of esters is 4. The average molecular weight is 1480 g/mol. The molecule has 6 atom stereocenters. The molecule has 0 saturated carbocycles. The molecule has 0 bridgehead atoms. The number of phosphoric acid groups is 2. The first kappa shape index (κ1) is 99.1. The van der Waals surface area contributed by atoms with E-state index in [0.717, 1.165) is 114 Å². The van der Waals surface area contributed by atoms with E-state index in [1.165, 1.54) is 218 Å². The molecule has 0 fully saturated rings. The van der Waals surface area contributed by atoms with Crippen LogP contribution in [-0.2, 0) is 65.4 Å². The van der Waals surface area contributed by atoms with Crippen molar-refractivity contribution in [3.8, 4) is 0 Å². The summed E-state index contributed by atoms with van der Waals surface area (Å²) in [5.41, 5.74) is 0. The van der Waals surface area contributed by atoms with E-state index in [9.17, 15) is 43.2 Å². The SMILES string of the molecule is CCC(C)CCCCCCCCCCCCCCCCCCCCC(=O)O[C@H](COC(=O)CCCCCCCCCCCCCCCCC(C)C)COP(=O)(O)OCC(O)COP(=O)(O)OC[C@@H](COC(=O)CCCCCCCCCC(C)C)OC(=O)CCCCCCCCCCCC(C)C. The van der Waals surface area contributed by atoms with E-state index >= 15 is 0 Å². The minimum atomic E-state index is -4.96. The van der Waals surface area contributed by atoms with Crippen molar-refractivity contribution in [1.82, 2.24) is 0 Å². The highest BCUT2D eigenvalue weighted by Gasteiger charge is 2.30. The molecule has 0 aromatic heterocycles. The zero-order chi connectivity index (χ0) is 74.6. The maximum atomic E-state index is 13.1. The Morgan fingerprint density at radius 3 is 0.703 bits per heavy atom. The quantitative estimate of drug-likeness (QED) is 0.0222. The summed E-state index contributed by atoms with van der Waals surface area (Å²) in [4.78, 5) is 73.0. The van der Waals surface area contributed by atoms with Crippen molar-refractivity contribution in [2.45, 2.75) is 440 Å². The fraction of sp³-hybridized carbons (Fsp3) is 0.951. The highest BCUT2D eigenvalue weighted by Crippen LogP contribution is 2.45. The van der Waals surface area contributed by atoms with Gasteiger partial charge >= 0.3 is 39.5 Å². The van der Waals surface area contributed by atoms with Crippen molar-refractivity contribution in [1.29, 1.82) is 0 Å². The molecule has 0 radical (unpaired) electrons. The van der Waals surface area contributed by atoms with Gasteiger partial charge in [0.15, 0.2) is 12.2 Å².